The first-order valence-electron chi connectivity index (χ1n) is 10.5. The first kappa shape index (κ1) is 21.5. The van der Waals surface area contributed by atoms with Gasteiger partial charge < -0.3 is 14.8 Å². The first-order valence-corrected chi connectivity index (χ1v) is 10.5. The fraction of sp³-hybridized carbons (Fsp3) is 0.280. The molecule has 4 rings (SSSR count). The third kappa shape index (κ3) is 4.18. The van der Waals surface area contributed by atoms with Gasteiger partial charge in [-0.05, 0) is 49.7 Å². The Morgan fingerprint density at radius 2 is 1.94 bits per heavy atom. The molecule has 0 radical (unpaired) electrons. The molecule has 7 heteroatoms. The molecule has 2 aromatic carbocycles. The van der Waals surface area contributed by atoms with Crippen molar-refractivity contribution >= 4 is 11.7 Å². The van der Waals surface area contributed by atoms with Crippen molar-refractivity contribution in [3.05, 3.63) is 70.9 Å². The topological polar surface area (TPSA) is 79.5 Å². The van der Waals surface area contributed by atoms with Gasteiger partial charge in [0.25, 0.3) is 0 Å². The van der Waals surface area contributed by atoms with Crippen LogP contribution in [0.1, 0.15) is 22.4 Å². The smallest absolute Gasteiger partial charge is 0.239 e. The number of anilines is 1. The van der Waals surface area contributed by atoms with Crippen LogP contribution in [0.25, 0.3) is 5.69 Å². The van der Waals surface area contributed by atoms with Crippen LogP contribution in [0, 0.1) is 25.2 Å². The molecule has 1 aliphatic heterocycles. The molecule has 0 atom stereocenters. The third-order valence-electron chi connectivity index (χ3n) is 5.81. The summed E-state index contributed by atoms with van der Waals surface area (Å²) in [5.41, 5.74) is 4.12. The van der Waals surface area contributed by atoms with Gasteiger partial charge in [-0.2, -0.15) is 5.26 Å². The highest BCUT2D eigenvalue weighted by molar-refractivity contribution is 5.93. The zero-order valence-electron chi connectivity index (χ0n) is 18.5. The van der Waals surface area contributed by atoms with Crippen LogP contribution in [0.5, 0.6) is 11.5 Å². The van der Waals surface area contributed by atoms with Gasteiger partial charge in [-0.25, -0.2) is 0 Å². The monoisotopic (exact) mass is 430 g/mol. The number of carbonyl (C=O) groups is 1. The number of carbonyl (C=O) groups excluding carboxylic acids is 1. The number of methoxy groups -OCH3 is 1. The average molecular weight is 431 g/mol. The van der Waals surface area contributed by atoms with Crippen LogP contribution in [0.3, 0.4) is 0 Å². The Bertz CT molecular complexity index is 1180. The molecule has 1 aliphatic rings. The maximum absolute atomic E-state index is 13.0. The molecular weight excluding hydrogens is 404 g/mol. The summed E-state index contributed by atoms with van der Waals surface area (Å²) >= 11 is 0. The van der Waals surface area contributed by atoms with Gasteiger partial charge in [0.05, 0.1) is 19.2 Å². The number of amides is 1. The van der Waals surface area contributed by atoms with Gasteiger partial charge in [0.1, 0.15) is 30.0 Å². The van der Waals surface area contributed by atoms with Gasteiger partial charge in [-0.15, -0.1) is 0 Å². The van der Waals surface area contributed by atoms with Gasteiger partial charge >= 0.3 is 0 Å². The van der Waals surface area contributed by atoms with E-state index < -0.39 is 0 Å². The van der Waals surface area contributed by atoms with Crippen molar-refractivity contribution < 1.29 is 14.3 Å². The lowest BCUT2D eigenvalue weighted by molar-refractivity contribution is -0.117. The molecule has 1 aromatic heterocycles. The SMILES string of the molecule is COc1ccc(-n2c(C)c(C)c(C#N)c2NC(=O)CN2CCOc3ccccc3C2)cc1. The summed E-state index contributed by atoms with van der Waals surface area (Å²) in [4.78, 5) is 15.1. The van der Waals surface area contributed by atoms with E-state index in [-0.39, 0.29) is 12.5 Å². The van der Waals surface area contributed by atoms with Crippen molar-refractivity contribution in [2.45, 2.75) is 20.4 Å². The molecule has 0 saturated heterocycles. The molecule has 0 fully saturated rings. The molecule has 0 saturated carbocycles. The number of nitriles is 1. The maximum atomic E-state index is 13.0. The Balaban J connectivity index is 1.59. The Labute approximate surface area is 187 Å². The summed E-state index contributed by atoms with van der Waals surface area (Å²) in [6.45, 7) is 5.84. The first-order chi connectivity index (χ1) is 15.5. The minimum atomic E-state index is -0.173. The zero-order chi connectivity index (χ0) is 22.7. The minimum Gasteiger partial charge on any atom is -0.497 e. The third-order valence-corrected chi connectivity index (χ3v) is 5.81. The number of fused-ring (bicyclic) bond motifs is 1. The van der Waals surface area contributed by atoms with Gasteiger partial charge in [0.2, 0.25) is 5.91 Å². The Kier molecular flexibility index (Phi) is 6.15. The number of aromatic nitrogens is 1. The van der Waals surface area contributed by atoms with Gasteiger partial charge in [0.15, 0.2) is 0 Å². The lowest BCUT2D eigenvalue weighted by Gasteiger charge is -2.19. The number of hydrogen-bond donors (Lipinski definition) is 1. The summed E-state index contributed by atoms with van der Waals surface area (Å²) in [6, 6.07) is 17.7. The molecule has 7 nitrogen and oxygen atoms in total. The van der Waals surface area contributed by atoms with Crippen LogP contribution in [0.2, 0.25) is 0 Å². The fourth-order valence-electron chi connectivity index (χ4n) is 4.00. The number of rotatable bonds is 5. The van der Waals surface area contributed by atoms with E-state index in [0.29, 0.717) is 31.1 Å². The quantitative estimate of drug-likeness (QED) is 0.666. The van der Waals surface area contributed by atoms with Crippen LogP contribution >= 0.6 is 0 Å². The molecule has 0 bridgehead atoms. The second-order valence-corrected chi connectivity index (χ2v) is 7.79. The number of nitrogens with zero attached hydrogens (tertiary/aromatic N) is 3. The van der Waals surface area contributed by atoms with Crippen LogP contribution in [0.15, 0.2) is 48.5 Å². The second kappa shape index (κ2) is 9.16. The van der Waals surface area contributed by atoms with Crippen molar-refractivity contribution in [2.75, 3.05) is 32.1 Å². The molecule has 2 heterocycles. The Morgan fingerprint density at radius 3 is 2.66 bits per heavy atom. The molecule has 0 spiro atoms. The van der Waals surface area contributed by atoms with E-state index >= 15 is 0 Å². The highest BCUT2D eigenvalue weighted by Crippen LogP contribution is 2.31. The van der Waals surface area contributed by atoms with Crippen molar-refractivity contribution in [1.29, 1.82) is 5.26 Å². The Hall–Kier alpha value is -3.76. The molecule has 164 valence electrons. The van der Waals surface area contributed by atoms with E-state index in [2.05, 4.69) is 11.4 Å². The summed E-state index contributed by atoms with van der Waals surface area (Å²) < 4.78 is 13.0. The fourth-order valence-corrected chi connectivity index (χ4v) is 4.00. The van der Waals surface area contributed by atoms with E-state index in [9.17, 15) is 10.1 Å². The lowest BCUT2D eigenvalue weighted by atomic mass is 10.2. The zero-order valence-corrected chi connectivity index (χ0v) is 18.5. The normalized spacial score (nSPS) is 13.4. The molecule has 1 N–H and O–H groups in total. The van der Waals surface area contributed by atoms with Crippen LogP contribution in [-0.4, -0.2) is 42.2 Å². The van der Waals surface area contributed by atoms with Crippen molar-refractivity contribution in [3.63, 3.8) is 0 Å². The number of hydrogen-bond acceptors (Lipinski definition) is 5. The van der Waals surface area contributed by atoms with E-state index in [1.54, 1.807) is 7.11 Å². The van der Waals surface area contributed by atoms with Crippen molar-refractivity contribution in [2.24, 2.45) is 0 Å². The van der Waals surface area contributed by atoms with E-state index in [0.717, 1.165) is 34.0 Å². The number of para-hydroxylation sites is 1. The van der Waals surface area contributed by atoms with Crippen molar-refractivity contribution in [3.8, 4) is 23.3 Å². The number of ether oxygens (including phenoxy) is 2. The van der Waals surface area contributed by atoms with Gasteiger partial charge in [0, 0.05) is 30.0 Å². The van der Waals surface area contributed by atoms with Crippen molar-refractivity contribution in [1.82, 2.24) is 9.47 Å². The molecule has 0 unspecified atom stereocenters. The average Bonchev–Trinajstić information content (AvgIpc) is 2.93. The maximum Gasteiger partial charge on any atom is 0.239 e. The molecule has 32 heavy (non-hydrogen) atoms. The molecular formula is C25H26N4O3. The number of nitrogens with one attached hydrogen (secondary N) is 1. The summed E-state index contributed by atoms with van der Waals surface area (Å²) in [5, 5.41) is 12.8. The summed E-state index contributed by atoms with van der Waals surface area (Å²) in [7, 11) is 1.62. The predicted octanol–water partition coefficient (Wildman–Crippen LogP) is 3.81. The predicted molar refractivity (Wildman–Crippen MR) is 122 cm³/mol. The van der Waals surface area contributed by atoms with E-state index in [1.165, 1.54) is 0 Å². The highest BCUT2D eigenvalue weighted by atomic mass is 16.5. The standard InChI is InChI=1S/C25H26N4O3/c1-17-18(2)29(20-8-10-21(31-3)11-9-20)25(22(17)14-26)27-24(30)16-28-12-13-32-23-7-5-4-6-19(23)15-28/h4-11H,12-13,15-16H2,1-3H3,(H,27,30). The van der Waals surface area contributed by atoms with Crippen LogP contribution in [0.4, 0.5) is 5.82 Å². The molecule has 1 amide bonds. The van der Waals surface area contributed by atoms with Gasteiger partial charge in [-0.1, -0.05) is 18.2 Å². The molecule has 3 aromatic rings. The second-order valence-electron chi connectivity index (χ2n) is 7.79. The summed E-state index contributed by atoms with van der Waals surface area (Å²) in [5.74, 6) is 1.92. The lowest BCUT2D eigenvalue weighted by Crippen LogP contribution is -2.34. The number of benzene rings is 2. The Morgan fingerprint density at radius 1 is 1.19 bits per heavy atom. The summed E-state index contributed by atoms with van der Waals surface area (Å²) in [6.07, 6.45) is 0. The largest absolute Gasteiger partial charge is 0.497 e. The van der Waals surface area contributed by atoms with E-state index in [1.807, 2.05) is 71.8 Å². The highest BCUT2D eigenvalue weighted by Gasteiger charge is 2.23. The van der Waals surface area contributed by atoms with Crippen LogP contribution < -0.4 is 14.8 Å². The van der Waals surface area contributed by atoms with Gasteiger partial charge in [-0.3, -0.25) is 14.3 Å². The van der Waals surface area contributed by atoms with E-state index in [4.69, 9.17) is 9.47 Å². The van der Waals surface area contributed by atoms with Crippen LogP contribution in [-0.2, 0) is 11.3 Å². The molecule has 0 aliphatic carbocycles. The minimum absolute atomic E-state index is 0.173.